The Morgan fingerprint density at radius 2 is 2.21 bits per heavy atom. The fourth-order valence-electron chi connectivity index (χ4n) is 1.75. The molecule has 0 radical (unpaired) electrons. The van der Waals surface area contributed by atoms with Crippen molar-refractivity contribution >= 4 is 12.0 Å². The van der Waals surface area contributed by atoms with E-state index < -0.39 is 18.0 Å². The van der Waals surface area contributed by atoms with Gasteiger partial charge in [-0.2, -0.15) is 5.10 Å². The second kappa shape index (κ2) is 6.77. The van der Waals surface area contributed by atoms with Gasteiger partial charge in [0.15, 0.2) is 0 Å². The van der Waals surface area contributed by atoms with Crippen molar-refractivity contribution in [1.29, 1.82) is 0 Å². The van der Waals surface area contributed by atoms with Crippen LogP contribution in [-0.2, 0) is 18.4 Å². The van der Waals surface area contributed by atoms with Crippen molar-refractivity contribution in [3.63, 3.8) is 0 Å². The molecular weight excluding hydrogens is 248 g/mol. The number of aryl methyl sites for hydroxylation is 2. The maximum absolute atomic E-state index is 11.6. The summed E-state index contributed by atoms with van der Waals surface area (Å²) in [6, 6.07) is -1.33. The molecule has 2 amide bonds. The minimum absolute atomic E-state index is 0.323. The van der Waals surface area contributed by atoms with Crippen molar-refractivity contribution in [2.24, 2.45) is 7.05 Å². The summed E-state index contributed by atoms with van der Waals surface area (Å²) in [5.41, 5.74) is 1.74. The van der Waals surface area contributed by atoms with Gasteiger partial charge < -0.3 is 15.7 Å². The molecule has 0 aliphatic rings. The van der Waals surface area contributed by atoms with Crippen molar-refractivity contribution in [3.8, 4) is 0 Å². The summed E-state index contributed by atoms with van der Waals surface area (Å²) in [4.78, 5) is 22.5. The predicted molar refractivity (Wildman–Crippen MR) is 69.6 cm³/mol. The van der Waals surface area contributed by atoms with E-state index in [1.54, 1.807) is 11.7 Å². The number of carbonyl (C=O) groups is 2. The normalized spacial score (nSPS) is 11.9. The third-order valence-corrected chi connectivity index (χ3v) is 2.74. The van der Waals surface area contributed by atoms with Crippen molar-refractivity contribution in [3.05, 3.63) is 17.5 Å². The lowest BCUT2D eigenvalue weighted by atomic mass is 10.2. The van der Waals surface area contributed by atoms with E-state index in [2.05, 4.69) is 15.7 Å². The molecule has 1 rings (SSSR count). The number of amides is 2. The number of aliphatic carboxylic acids is 1. The number of aromatic nitrogens is 2. The lowest BCUT2D eigenvalue weighted by Gasteiger charge is -2.14. The SMILES string of the molecule is CCCC(NC(=O)NCc1cn(C)nc1C)C(=O)O. The van der Waals surface area contributed by atoms with Crippen molar-refractivity contribution in [2.75, 3.05) is 0 Å². The maximum Gasteiger partial charge on any atom is 0.326 e. The maximum atomic E-state index is 11.6. The van der Waals surface area contributed by atoms with Gasteiger partial charge in [0, 0.05) is 25.4 Å². The third-order valence-electron chi connectivity index (χ3n) is 2.74. The molecule has 1 aromatic heterocycles. The molecule has 0 spiro atoms. The number of rotatable bonds is 6. The van der Waals surface area contributed by atoms with Crippen LogP contribution in [0.25, 0.3) is 0 Å². The molecule has 1 heterocycles. The van der Waals surface area contributed by atoms with Crippen LogP contribution in [0.3, 0.4) is 0 Å². The first-order chi connectivity index (χ1) is 8.93. The zero-order chi connectivity index (χ0) is 14.4. The number of carboxylic acids is 1. The van der Waals surface area contributed by atoms with E-state index in [1.165, 1.54) is 0 Å². The molecule has 1 aromatic rings. The Morgan fingerprint density at radius 3 is 2.68 bits per heavy atom. The summed E-state index contributed by atoms with van der Waals surface area (Å²) in [5.74, 6) is -1.02. The molecule has 7 nitrogen and oxygen atoms in total. The molecular formula is C12H20N4O3. The average molecular weight is 268 g/mol. The van der Waals surface area contributed by atoms with E-state index in [1.807, 2.05) is 20.0 Å². The van der Waals surface area contributed by atoms with Crippen LogP contribution in [0.15, 0.2) is 6.20 Å². The summed E-state index contributed by atoms with van der Waals surface area (Å²) in [7, 11) is 1.80. The van der Waals surface area contributed by atoms with E-state index in [9.17, 15) is 9.59 Å². The van der Waals surface area contributed by atoms with Gasteiger partial charge in [-0.25, -0.2) is 9.59 Å². The predicted octanol–water partition coefficient (Wildman–Crippen LogP) is 0.781. The molecule has 0 saturated heterocycles. The zero-order valence-corrected chi connectivity index (χ0v) is 11.4. The fraction of sp³-hybridized carbons (Fsp3) is 0.583. The number of hydrogen-bond donors (Lipinski definition) is 3. The minimum atomic E-state index is -1.02. The number of urea groups is 1. The highest BCUT2D eigenvalue weighted by Gasteiger charge is 2.18. The van der Waals surface area contributed by atoms with Crippen LogP contribution in [0.1, 0.15) is 31.0 Å². The standard InChI is InChI=1S/C12H20N4O3/c1-4-5-10(11(17)18)14-12(19)13-6-9-7-16(3)15-8(9)2/h7,10H,4-6H2,1-3H3,(H,17,18)(H2,13,14,19). The summed E-state index contributed by atoms with van der Waals surface area (Å²) in [6.07, 6.45) is 2.92. The third kappa shape index (κ3) is 4.61. The zero-order valence-electron chi connectivity index (χ0n) is 11.4. The van der Waals surface area contributed by atoms with Crippen molar-refractivity contribution in [2.45, 2.75) is 39.3 Å². The lowest BCUT2D eigenvalue weighted by Crippen LogP contribution is -2.45. The highest BCUT2D eigenvalue weighted by molar-refractivity contribution is 5.82. The number of hydrogen-bond acceptors (Lipinski definition) is 3. The van der Waals surface area contributed by atoms with Gasteiger partial charge in [-0.15, -0.1) is 0 Å². The molecule has 19 heavy (non-hydrogen) atoms. The average Bonchev–Trinajstić information content (AvgIpc) is 2.64. The number of nitrogens with one attached hydrogen (secondary N) is 2. The Bertz CT molecular complexity index is 456. The van der Waals surface area contributed by atoms with E-state index in [4.69, 9.17) is 5.11 Å². The molecule has 0 aliphatic carbocycles. The molecule has 0 aliphatic heterocycles. The smallest absolute Gasteiger partial charge is 0.326 e. The molecule has 0 aromatic carbocycles. The molecule has 3 N–H and O–H groups in total. The summed E-state index contributed by atoms with van der Waals surface area (Å²) in [5, 5.41) is 18.2. The van der Waals surface area contributed by atoms with Crippen LogP contribution in [-0.4, -0.2) is 32.9 Å². The monoisotopic (exact) mass is 268 g/mol. The van der Waals surface area contributed by atoms with Gasteiger partial charge in [-0.3, -0.25) is 4.68 Å². The van der Waals surface area contributed by atoms with Gasteiger partial charge in [0.25, 0.3) is 0 Å². The highest BCUT2D eigenvalue weighted by Crippen LogP contribution is 2.03. The van der Waals surface area contributed by atoms with Crippen LogP contribution in [0.5, 0.6) is 0 Å². The van der Waals surface area contributed by atoms with Gasteiger partial charge in [0.2, 0.25) is 0 Å². The molecule has 106 valence electrons. The van der Waals surface area contributed by atoms with Crippen LogP contribution < -0.4 is 10.6 Å². The van der Waals surface area contributed by atoms with Crippen LogP contribution in [0, 0.1) is 6.92 Å². The number of carbonyl (C=O) groups excluding carboxylic acids is 1. The number of nitrogens with zero attached hydrogens (tertiary/aromatic N) is 2. The summed E-state index contributed by atoms with van der Waals surface area (Å²) in [6.45, 7) is 4.05. The van der Waals surface area contributed by atoms with E-state index in [-0.39, 0.29) is 0 Å². The quantitative estimate of drug-likeness (QED) is 0.710. The van der Waals surface area contributed by atoms with Crippen LogP contribution in [0.4, 0.5) is 4.79 Å². The largest absolute Gasteiger partial charge is 0.480 e. The molecule has 0 saturated carbocycles. The first-order valence-corrected chi connectivity index (χ1v) is 6.20. The Kier molecular flexibility index (Phi) is 5.35. The van der Waals surface area contributed by atoms with E-state index >= 15 is 0 Å². The Balaban J connectivity index is 2.47. The van der Waals surface area contributed by atoms with Crippen LogP contribution >= 0.6 is 0 Å². The van der Waals surface area contributed by atoms with Gasteiger partial charge >= 0.3 is 12.0 Å². The first kappa shape index (κ1) is 15.0. The summed E-state index contributed by atoms with van der Waals surface area (Å²) < 4.78 is 1.67. The van der Waals surface area contributed by atoms with E-state index in [0.29, 0.717) is 19.4 Å². The fourth-order valence-corrected chi connectivity index (χ4v) is 1.75. The highest BCUT2D eigenvalue weighted by atomic mass is 16.4. The Morgan fingerprint density at radius 1 is 1.53 bits per heavy atom. The number of carboxylic acid groups (broad SMARTS) is 1. The molecule has 7 heteroatoms. The second-order valence-electron chi connectivity index (χ2n) is 4.42. The second-order valence-corrected chi connectivity index (χ2v) is 4.42. The molecule has 0 fully saturated rings. The first-order valence-electron chi connectivity index (χ1n) is 6.20. The van der Waals surface area contributed by atoms with Gasteiger partial charge in [-0.05, 0) is 13.3 Å². The van der Waals surface area contributed by atoms with Gasteiger partial charge in [-0.1, -0.05) is 13.3 Å². The molecule has 0 bridgehead atoms. The lowest BCUT2D eigenvalue weighted by molar-refractivity contribution is -0.139. The van der Waals surface area contributed by atoms with Gasteiger partial charge in [0.05, 0.1) is 5.69 Å². The van der Waals surface area contributed by atoms with Crippen molar-refractivity contribution < 1.29 is 14.7 Å². The molecule has 1 unspecified atom stereocenters. The van der Waals surface area contributed by atoms with Gasteiger partial charge in [0.1, 0.15) is 6.04 Å². The Labute approximate surface area is 112 Å². The Hall–Kier alpha value is -2.05. The topological polar surface area (TPSA) is 96.3 Å². The minimum Gasteiger partial charge on any atom is -0.480 e. The van der Waals surface area contributed by atoms with Crippen LogP contribution in [0.2, 0.25) is 0 Å². The summed E-state index contributed by atoms with van der Waals surface area (Å²) >= 11 is 0. The van der Waals surface area contributed by atoms with E-state index in [0.717, 1.165) is 11.3 Å². The molecule has 1 atom stereocenters. The van der Waals surface area contributed by atoms with Crippen molar-refractivity contribution in [1.82, 2.24) is 20.4 Å².